The van der Waals surface area contributed by atoms with Gasteiger partial charge in [0.1, 0.15) is 28.8 Å². The van der Waals surface area contributed by atoms with E-state index in [9.17, 15) is 25.2 Å². The van der Waals surface area contributed by atoms with Crippen LogP contribution in [-0.4, -0.2) is 26.4 Å². The fraction of sp³-hybridized carbons (Fsp3) is 0.559. The SMILES string of the molecule is CCCCCCCCCCCCCCCCCC(=O)O/C(=C\C=C(C)C)c1cc(O)c2c(O)ccc(O)c2c1O. The Morgan fingerprint density at radius 3 is 1.65 bits per heavy atom. The predicted molar refractivity (Wildman–Crippen MR) is 164 cm³/mol. The average molecular weight is 555 g/mol. The Morgan fingerprint density at radius 1 is 0.675 bits per heavy atom. The summed E-state index contributed by atoms with van der Waals surface area (Å²) in [5, 5.41) is 41.7. The molecule has 0 saturated carbocycles. The summed E-state index contributed by atoms with van der Waals surface area (Å²) in [6.45, 7) is 6.02. The summed E-state index contributed by atoms with van der Waals surface area (Å²) in [5.74, 6) is -1.71. The summed E-state index contributed by atoms with van der Waals surface area (Å²) in [5.41, 5.74) is 0.995. The van der Waals surface area contributed by atoms with Crippen molar-refractivity contribution in [2.75, 3.05) is 0 Å². The highest BCUT2D eigenvalue weighted by molar-refractivity contribution is 6.04. The second-order valence-corrected chi connectivity index (χ2v) is 11.1. The molecule has 4 N–H and O–H groups in total. The summed E-state index contributed by atoms with van der Waals surface area (Å²) in [4.78, 5) is 12.7. The maximum atomic E-state index is 12.7. The maximum Gasteiger partial charge on any atom is 0.311 e. The number of carbonyl (C=O) groups excluding carboxylic acids is 1. The lowest BCUT2D eigenvalue weighted by atomic mass is 10.0. The summed E-state index contributed by atoms with van der Waals surface area (Å²) >= 11 is 0. The third kappa shape index (κ3) is 11.1. The number of esters is 1. The zero-order valence-corrected chi connectivity index (χ0v) is 24.8. The molecule has 2 aromatic carbocycles. The standard InChI is InChI=1S/C34H50O6/c1-4-5-6-7-8-9-10-11-12-13-14-15-16-17-18-19-31(38)40-30(23-20-25(2)3)26-24-29(37)32-27(35)21-22-28(36)33(32)34(26)39/h20-24,35-37,39H,4-19H2,1-3H3/b30-23-. The molecule has 0 aliphatic heterocycles. The number of ether oxygens (including phenoxy) is 1. The van der Waals surface area contributed by atoms with Gasteiger partial charge in [0.25, 0.3) is 0 Å². The molecular formula is C34H50O6. The van der Waals surface area contributed by atoms with Crippen LogP contribution in [0.15, 0.2) is 35.9 Å². The van der Waals surface area contributed by atoms with E-state index in [0.29, 0.717) is 0 Å². The van der Waals surface area contributed by atoms with Gasteiger partial charge >= 0.3 is 5.97 Å². The molecule has 222 valence electrons. The number of phenolic OH excluding ortho intramolecular Hbond substituents is 4. The van der Waals surface area contributed by atoms with Crippen molar-refractivity contribution in [2.45, 2.75) is 124 Å². The second kappa shape index (κ2) is 18.2. The largest absolute Gasteiger partial charge is 0.507 e. The molecule has 0 aromatic heterocycles. The van der Waals surface area contributed by atoms with Gasteiger partial charge in [-0.15, -0.1) is 0 Å². The fourth-order valence-electron chi connectivity index (χ4n) is 4.91. The first-order valence-electron chi connectivity index (χ1n) is 15.2. The van der Waals surface area contributed by atoms with E-state index >= 15 is 0 Å². The van der Waals surface area contributed by atoms with Crippen LogP contribution in [0.2, 0.25) is 0 Å². The van der Waals surface area contributed by atoms with Gasteiger partial charge in [-0.1, -0.05) is 108 Å². The van der Waals surface area contributed by atoms with E-state index in [2.05, 4.69) is 6.92 Å². The average Bonchev–Trinajstić information content (AvgIpc) is 2.92. The third-order valence-corrected chi connectivity index (χ3v) is 7.23. The van der Waals surface area contributed by atoms with Gasteiger partial charge in [0, 0.05) is 6.42 Å². The van der Waals surface area contributed by atoms with E-state index < -0.39 is 11.7 Å². The molecule has 0 fully saturated rings. The van der Waals surface area contributed by atoms with Gasteiger partial charge in [-0.3, -0.25) is 4.79 Å². The van der Waals surface area contributed by atoms with Crippen molar-refractivity contribution in [3.8, 4) is 23.0 Å². The van der Waals surface area contributed by atoms with Crippen molar-refractivity contribution in [3.05, 3.63) is 41.5 Å². The molecule has 0 saturated heterocycles. The highest BCUT2D eigenvalue weighted by atomic mass is 16.5. The summed E-state index contributed by atoms with van der Waals surface area (Å²) in [6.07, 6.45) is 22.2. The Bertz CT molecular complexity index is 1130. The summed E-state index contributed by atoms with van der Waals surface area (Å²) < 4.78 is 5.62. The Kier molecular flexibility index (Phi) is 15.1. The number of fused-ring (bicyclic) bond motifs is 1. The van der Waals surface area contributed by atoms with Crippen LogP contribution >= 0.6 is 0 Å². The number of rotatable bonds is 19. The molecule has 0 radical (unpaired) electrons. The van der Waals surface area contributed by atoms with Gasteiger partial charge < -0.3 is 25.2 Å². The number of hydrogen-bond donors (Lipinski definition) is 4. The molecule has 40 heavy (non-hydrogen) atoms. The van der Waals surface area contributed by atoms with Crippen LogP contribution in [0, 0.1) is 0 Å². The van der Waals surface area contributed by atoms with E-state index in [4.69, 9.17) is 4.74 Å². The van der Waals surface area contributed by atoms with E-state index in [1.807, 2.05) is 13.8 Å². The molecule has 0 aliphatic carbocycles. The maximum absolute atomic E-state index is 12.7. The van der Waals surface area contributed by atoms with Gasteiger partial charge in [0.05, 0.1) is 16.3 Å². The Hall–Kier alpha value is -3.15. The molecule has 2 rings (SSSR count). The molecule has 2 aromatic rings. The van der Waals surface area contributed by atoms with Gasteiger partial charge in [0.2, 0.25) is 0 Å². The van der Waals surface area contributed by atoms with Crippen molar-refractivity contribution < 1.29 is 30.0 Å². The Balaban J connectivity index is 1.79. The van der Waals surface area contributed by atoms with Gasteiger partial charge in [-0.25, -0.2) is 0 Å². The lowest BCUT2D eigenvalue weighted by Gasteiger charge is -2.15. The Labute approximate surface area is 240 Å². The molecule has 0 heterocycles. The topological polar surface area (TPSA) is 107 Å². The molecule has 0 atom stereocenters. The smallest absolute Gasteiger partial charge is 0.311 e. The lowest BCUT2D eigenvalue weighted by molar-refractivity contribution is -0.136. The minimum absolute atomic E-state index is 0.0493. The molecule has 0 amide bonds. The zero-order valence-electron chi connectivity index (χ0n) is 24.8. The molecule has 0 aliphatic rings. The first kappa shape index (κ1) is 33.1. The van der Waals surface area contributed by atoms with E-state index in [-0.39, 0.29) is 45.8 Å². The van der Waals surface area contributed by atoms with Crippen LogP contribution in [0.1, 0.15) is 129 Å². The van der Waals surface area contributed by atoms with Gasteiger partial charge in [0.15, 0.2) is 0 Å². The minimum atomic E-state index is -0.429. The molecule has 0 spiro atoms. The Morgan fingerprint density at radius 2 is 1.15 bits per heavy atom. The zero-order chi connectivity index (χ0) is 29.3. The van der Waals surface area contributed by atoms with E-state index in [1.54, 1.807) is 12.2 Å². The highest BCUT2D eigenvalue weighted by Crippen LogP contribution is 2.46. The lowest BCUT2D eigenvalue weighted by Crippen LogP contribution is -2.04. The number of carbonyl (C=O) groups is 1. The monoisotopic (exact) mass is 554 g/mol. The van der Waals surface area contributed by atoms with Crippen LogP contribution in [-0.2, 0) is 9.53 Å². The number of allylic oxidation sites excluding steroid dienone is 3. The highest BCUT2D eigenvalue weighted by Gasteiger charge is 2.21. The fourth-order valence-corrected chi connectivity index (χ4v) is 4.91. The molecule has 0 bridgehead atoms. The predicted octanol–water partition coefficient (Wildman–Crippen LogP) is 9.77. The van der Waals surface area contributed by atoms with E-state index in [0.717, 1.165) is 24.8 Å². The van der Waals surface area contributed by atoms with Crippen molar-refractivity contribution in [1.82, 2.24) is 0 Å². The van der Waals surface area contributed by atoms with Gasteiger partial charge in [-0.2, -0.15) is 0 Å². The van der Waals surface area contributed by atoms with Crippen molar-refractivity contribution in [2.24, 2.45) is 0 Å². The number of unbranched alkanes of at least 4 members (excludes halogenated alkanes) is 14. The second-order valence-electron chi connectivity index (χ2n) is 11.1. The van der Waals surface area contributed by atoms with Crippen LogP contribution in [0.25, 0.3) is 16.5 Å². The summed E-state index contributed by atoms with van der Waals surface area (Å²) in [7, 11) is 0. The van der Waals surface area contributed by atoms with Crippen LogP contribution in [0.4, 0.5) is 0 Å². The van der Waals surface area contributed by atoms with Crippen LogP contribution in [0.5, 0.6) is 23.0 Å². The molecule has 6 heteroatoms. The number of benzene rings is 2. The van der Waals surface area contributed by atoms with Gasteiger partial charge in [-0.05, 0) is 44.5 Å². The first-order valence-corrected chi connectivity index (χ1v) is 15.2. The van der Waals surface area contributed by atoms with Crippen molar-refractivity contribution in [3.63, 3.8) is 0 Å². The quantitative estimate of drug-likeness (QED) is 0.0452. The molecule has 6 nitrogen and oxygen atoms in total. The van der Waals surface area contributed by atoms with Crippen LogP contribution < -0.4 is 0 Å². The first-order chi connectivity index (χ1) is 19.3. The number of phenols is 4. The van der Waals surface area contributed by atoms with Crippen LogP contribution in [0.3, 0.4) is 0 Å². The van der Waals surface area contributed by atoms with Crippen molar-refractivity contribution >= 4 is 22.5 Å². The minimum Gasteiger partial charge on any atom is -0.507 e. The number of hydrogen-bond acceptors (Lipinski definition) is 6. The number of aromatic hydroxyl groups is 4. The third-order valence-electron chi connectivity index (χ3n) is 7.23. The molecule has 0 unspecified atom stereocenters. The normalized spacial score (nSPS) is 11.6. The van der Waals surface area contributed by atoms with Crippen molar-refractivity contribution in [1.29, 1.82) is 0 Å². The molecular weight excluding hydrogens is 504 g/mol. The van der Waals surface area contributed by atoms with E-state index in [1.165, 1.54) is 95.2 Å². The summed E-state index contributed by atoms with van der Waals surface area (Å²) in [6, 6.07) is 3.68.